The van der Waals surface area contributed by atoms with Gasteiger partial charge in [-0.2, -0.15) is 0 Å². The number of aryl methyl sites for hydroxylation is 1. The summed E-state index contributed by atoms with van der Waals surface area (Å²) in [7, 11) is 0. The molecule has 1 aromatic carbocycles. The second-order valence-electron chi connectivity index (χ2n) is 6.41. The number of nitrogen functional groups attached to an aromatic ring is 1. The summed E-state index contributed by atoms with van der Waals surface area (Å²) in [6.45, 7) is 9.19. The topological polar surface area (TPSA) is 55.1 Å². The predicted molar refractivity (Wildman–Crippen MR) is 87.4 cm³/mol. The van der Waals surface area contributed by atoms with Crippen molar-refractivity contribution in [3.05, 3.63) is 28.6 Å². The van der Waals surface area contributed by atoms with E-state index in [0.717, 1.165) is 22.1 Å². The second kappa shape index (κ2) is 5.44. The van der Waals surface area contributed by atoms with Crippen molar-refractivity contribution in [3.8, 4) is 0 Å². The summed E-state index contributed by atoms with van der Waals surface area (Å²) < 4.78 is 1.06. The van der Waals surface area contributed by atoms with Gasteiger partial charge in [-0.15, -0.1) is 11.3 Å². The van der Waals surface area contributed by atoms with E-state index in [2.05, 4.69) is 26.1 Å². The van der Waals surface area contributed by atoms with Crippen molar-refractivity contribution in [2.75, 3.05) is 12.3 Å². The SMILES string of the molecule is Cc1ccc2sc(C(=O)NCCC(C)(C)C)c(N)c2c1. The van der Waals surface area contributed by atoms with Gasteiger partial charge in [0.1, 0.15) is 4.88 Å². The number of rotatable bonds is 3. The van der Waals surface area contributed by atoms with Crippen LogP contribution in [0.5, 0.6) is 0 Å². The smallest absolute Gasteiger partial charge is 0.263 e. The normalized spacial score (nSPS) is 11.8. The lowest BCUT2D eigenvalue weighted by molar-refractivity contribution is 0.0954. The molecule has 0 spiro atoms. The average Bonchev–Trinajstić information content (AvgIpc) is 2.65. The minimum atomic E-state index is -0.0643. The molecule has 0 bridgehead atoms. The predicted octanol–water partition coefficient (Wildman–Crippen LogP) is 3.96. The summed E-state index contributed by atoms with van der Waals surface area (Å²) >= 11 is 1.46. The van der Waals surface area contributed by atoms with Crippen LogP contribution < -0.4 is 11.1 Å². The number of fused-ring (bicyclic) bond motifs is 1. The summed E-state index contributed by atoms with van der Waals surface area (Å²) in [5.41, 5.74) is 8.09. The molecule has 1 aromatic heterocycles. The molecular weight excluding hydrogens is 268 g/mol. The fourth-order valence-electron chi connectivity index (χ4n) is 2.03. The number of carbonyl (C=O) groups excluding carboxylic acids is 1. The summed E-state index contributed by atoms with van der Waals surface area (Å²) in [6, 6.07) is 6.10. The van der Waals surface area contributed by atoms with Crippen molar-refractivity contribution in [2.45, 2.75) is 34.1 Å². The van der Waals surface area contributed by atoms with Gasteiger partial charge in [0, 0.05) is 16.6 Å². The lowest BCUT2D eigenvalue weighted by atomic mass is 9.92. The Hall–Kier alpha value is -1.55. The molecule has 1 amide bonds. The first-order valence-corrected chi connectivity index (χ1v) is 7.66. The van der Waals surface area contributed by atoms with Gasteiger partial charge in [0.15, 0.2) is 0 Å². The van der Waals surface area contributed by atoms with E-state index in [-0.39, 0.29) is 11.3 Å². The van der Waals surface area contributed by atoms with Gasteiger partial charge in [0.2, 0.25) is 0 Å². The maximum absolute atomic E-state index is 12.2. The van der Waals surface area contributed by atoms with Crippen LogP contribution in [0, 0.1) is 12.3 Å². The zero-order valence-corrected chi connectivity index (χ0v) is 13.4. The Morgan fingerprint density at radius 1 is 1.35 bits per heavy atom. The quantitative estimate of drug-likeness (QED) is 0.899. The van der Waals surface area contributed by atoms with E-state index in [9.17, 15) is 4.79 Å². The summed E-state index contributed by atoms with van der Waals surface area (Å²) in [5.74, 6) is -0.0643. The van der Waals surface area contributed by atoms with Crippen molar-refractivity contribution in [1.29, 1.82) is 0 Å². The number of hydrogen-bond acceptors (Lipinski definition) is 3. The summed E-state index contributed by atoms with van der Waals surface area (Å²) in [4.78, 5) is 12.8. The van der Waals surface area contributed by atoms with Gasteiger partial charge >= 0.3 is 0 Å². The van der Waals surface area contributed by atoms with Crippen molar-refractivity contribution in [3.63, 3.8) is 0 Å². The number of carbonyl (C=O) groups is 1. The summed E-state index contributed by atoms with van der Waals surface area (Å²) in [6.07, 6.45) is 0.947. The first kappa shape index (κ1) is 14.9. The van der Waals surface area contributed by atoms with Crippen molar-refractivity contribution < 1.29 is 4.79 Å². The molecule has 1 heterocycles. The zero-order chi connectivity index (χ0) is 14.9. The highest BCUT2D eigenvalue weighted by Crippen LogP contribution is 2.34. The zero-order valence-electron chi connectivity index (χ0n) is 12.5. The van der Waals surface area contributed by atoms with E-state index in [1.54, 1.807) is 0 Å². The average molecular weight is 290 g/mol. The van der Waals surface area contributed by atoms with E-state index < -0.39 is 0 Å². The number of nitrogens with two attached hydrogens (primary N) is 1. The molecule has 0 aliphatic rings. The highest BCUT2D eigenvalue weighted by atomic mass is 32.1. The lowest BCUT2D eigenvalue weighted by Crippen LogP contribution is -2.27. The number of nitrogens with one attached hydrogen (secondary N) is 1. The third-order valence-corrected chi connectivity index (χ3v) is 4.43. The molecular formula is C16H22N2OS. The van der Waals surface area contributed by atoms with Crippen LogP contribution in [0.25, 0.3) is 10.1 Å². The Labute approximate surface area is 124 Å². The van der Waals surface area contributed by atoms with Crippen molar-refractivity contribution >= 4 is 33.0 Å². The van der Waals surface area contributed by atoms with E-state index in [1.165, 1.54) is 11.3 Å². The van der Waals surface area contributed by atoms with Crippen LogP contribution in [-0.2, 0) is 0 Å². The molecule has 0 aliphatic heterocycles. The molecule has 0 atom stereocenters. The summed E-state index contributed by atoms with van der Waals surface area (Å²) in [5, 5.41) is 3.95. The van der Waals surface area contributed by atoms with Crippen molar-refractivity contribution in [1.82, 2.24) is 5.32 Å². The van der Waals surface area contributed by atoms with Gasteiger partial charge in [0.05, 0.1) is 5.69 Å². The Bertz CT molecular complexity index is 638. The van der Waals surface area contributed by atoms with Crippen LogP contribution in [0.3, 0.4) is 0 Å². The maximum atomic E-state index is 12.2. The van der Waals surface area contributed by atoms with Gasteiger partial charge in [0.25, 0.3) is 5.91 Å². The van der Waals surface area contributed by atoms with E-state index in [1.807, 2.05) is 25.1 Å². The molecule has 2 aromatic rings. The lowest BCUT2D eigenvalue weighted by Gasteiger charge is -2.17. The van der Waals surface area contributed by atoms with Gasteiger partial charge in [-0.05, 0) is 30.9 Å². The molecule has 20 heavy (non-hydrogen) atoms. The molecule has 0 saturated heterocycles. The molecule has 0 saturated carbocycles. The second-order valence-corrected chi connectivity index (χ2v) is 7.46. The fourth-order valence-corrected chi connectivity index (χ4v) is 3.05. The van der Waals surface area contributed by atoms with E-state index in [4.69, 9.17) is 5.73 Å². The van der Waals surface area contributed by atoms with Crippen LogP contribution in [0.1, 0.15) is 42.4 Å². The number of hydrogen-bond donors (Lipinski definition) is 2. The van der Waals surface area contributed by atoms with E-state index in [0.29, 0.717) is 17.1 Å². The van der Waals surface area contributed by atoms with Crippen LogP contribution >= 0.6 is 11.3 Å². The Morgan fingerprint density at radius 2 is 2.05 bits per heavy atom. The molecule has 3 N–H and O–H groups in total. The number of amides is 1. The molecule has 108 valence electrons. The first-order valence-electron chi connectivity index (χ1n) is 6.85. The standard InChI is InChI=1S/C16H22N2OS/c1-10-5-6-12-11(9-10)13(17)14(20-12)15(19)18-8-7-16(2,3)4/h5-6,9H,7-8,17H2,1-4H3,(H,18,19). The number of thiophene rings is 1. The molecule has 4 heteroatoms. The molecule has 0 radical (unpaired) electrons. The van der Waals surface area contributed by atoms with Gasteiger partial charge in [-0.1, -0.05) is 32.4 Å². The Balaban J connectivity index is 2.16. The first-order chi connectivity index (χ1) is 9.28. The van der Waals surface area contributed by atoms with Crippen molar-refractivity contribution in [2.24, 2.45) is 5.41 Å². The molecule has 3 nitrogen and oxygen atoms in total. The molecule has 2 rings (SSSR count). The van der Waals surface area contributed by atoms with E-state index >= 15 is 0 Å². The fraction of sp³-hybridized carbons (Fsp3) is 0.438. The third kappa shape index (κ3) is 3.31. The molecule has 0 aliphatic carbocycles. The van der Waals surface area contributed by atoms with Gasteiger partial charge in [-0.3, -0.25) is 4.79 Å². The number of anilines is 1. The van der Waals surface area contributed by atoms with Gasteiger partial charge in [-0.25, -0.2) is 0 Å². The maximum Gasteiger partial charge on any atom is 0.263 e. The van der Waals surface area contributed by atoms with Crippen LogP contribution in [0.2, 0.25) is 0 Å². The highest BCUT2D eigenvalue weighted by Gasteiger charge is 2.17. The minimum Gasteiger partial charge on any atom is -0.397 e. The third-order valence-electron chi connectivity index (χ3n) is 3.25. The Kier molecular flexibility index (Phi) is 4.04. The van der Waals surface area contributed by atoms with Crippen LogP contribution in [-0.4, -0.2) is 12.5 Å². The largest absolute Gasteiger partial charge is 0.397 e. The highest BCUT2D eigenvalue weighted by molar-refractivity contribution is 7.21. The minimum absolute atomic E-state index is 0.0643. The monoisotopic (exact) mass is 290 g/mol. The van der Waals surface area contributed by atoms with Crippen LogP contribution in [0.15, 0.2) is 18.2 Å². The Morgan fingerprint density at radius 3 is 2.70 bits per heavy atom. The van der Waals surface area contributed by atoms with Crippen LogP contribution in [0.4, 0.5) is 5.69 Å². The molecule has 0 fully saturated rings. The molecule has 0 unspecified atom stereocenters. The van der Waals surface area contributed by atoms with Gasteiger partial charge < -0.3 is 11.1 Å². The number of benzene rings is 1.